The summed E-state index contributed by atoms with van der Waals surface area (Å²) < 4.78 is 14.0. The molecule has 16 heavy (non-hydrogen) atoms. The summed E-state index contributed by atoms with van der Waals surface area (Å²) in [6.07, 6.45) is 0. The van der Waals surface area contributed by atoms with Gasteiger partial charge in [0.15, 0.2) is 0 Å². The number of anilines is 1. The molecule has 82 valence electrons. The van der Waals surface area contributed by atoms with Gasteiger partial charge in [0.25, 0.3) is 5.91 Å². The van der Waals surface area contributed by atoms with Gasteiger partial charge in [0, 0.05) is 4.47 Å². The number of carbonyl (C=O) groups is 1. The van der Waals surface area contributed by atoms with Crippen molar-refractivity contribution in [2.45, 2.75) is 0 Å². The Morgan fingerprint density at radius 3 is 2.94 bits per heavy atom. The molecule has 0 atom stereocenters. The van der Waals surface area contributed by atoms with Crippen LogP contribution in [-0.4, -0.2) is 16.1 Å². The average molecular weight is 302 g/mol. The fourth-order valence-electron chi connectivity index (χ4n) is 1.07. The Balaban J connectivity index is 2.21. The number of carbonyl (C=O) groups excluding carboxylic acids is 1. The maximum atomic E-state index is 13.4. The Kier molecular flexibility index (Phi) is 3.25. The van der Waals surface area contributed by atoms with Crippen LogP contribution >= 0.6 is 27.3 Å². The zero-order valence-electron chi connectivity index (χ0n) is 7.78. The molecule has 0 aliphatic rings. The molecule has 1 aromatic heterocycles. The van der Waals surface area contributed by atoms with Crippen LogP contribution in [0, 0.1) is 5.82 Å². The van der Waals surface area contributed by atoms with E-state index in [0.717, 1.165) is 0 Å². The number of nitrogens with one attached hydrogen (secondary N) is 1. The highest BCUT2D eigenvalue weighted by Crippen LogP contribution is 2.17. The van der Waals surface area contributed by atoms with Gasteiger partial charge in [0.2, 0.25) is 5.13 Å². The fourth-order valence-corrected chi connectivity index (χ4v) is 1.84. The smallest absolute Gasteiger partial charge is 0.260 e. The molecule has 2 aromatic rings. The van der Waals surface area contributed by atoms with Crippen molar-refractivity contribution in [3.63, 3.8) is 0 Å². The second-order valence-corrected chi connectivity index (χ2v) is 4.57. The molecule has 0 saturated heterocycles. The standard InChI is InChI=1S/C9H5BrFN3OS/c10-5-1-2-6(7(11)3-5)8(15)13-9-14-12-4-16-9/h1-4H,(H,13,14,15). The molecule has 2 rings (SSSR count). The van der Waals surface area contributed by atoms with Gasteiger partial charge in [0.05, 0.1) is 5.56 Å². The number of aromatic nitrogens is 2. The average Bonchev–Trinajstić information content (AvgIpc) is 2.70. The van der Waals surface area contributed by atoms with Crippen LogP contribution < -0.4 is 5.32 Å². The largest absolute Gasteiger partial charge is 0.296 e. The highest BCUT2D eigenvalue weighted by atomic mass is 79.9. The van der Waals surface area contributed by atoms with Gasteiger partial charge < -0.3 is 0 Å². The number of hydrogen-bond donors (Lipinski definition) is 1. The first kappa shape index (κ1) is 11.2. The molecule has 1 N–H and O–H groups in total. The normalized spacial score (nSPS) is 10.1. The molecule has 0 aliphatic carbocycles. The molecule has 0 saturated carbocycles. The molecule has 0 bridgehead atoms. The van der Waals surface area contributed by atoms with Crippen LogP contribution in [-0.2, 0) is 0 Å². The van der Waals surface area contributed by atoms with Crippen LogP contribution in [0.25, 0.3) is 0 Å². The van der Waals surface area contributed by atoms with Crippen molar-refractivity contribution in [1.29, 1.82) is 0 Å². The number of benzene rings is 1. The van der Waals surface area contributed by atoms with Crippen molar-refractivity contribution in [3.8, 4) is 0 Å². The Morgan fingerprint density at radius 2 is 2.31 bits per heavy atom. The van der Waals surface area contributed by atoms with Crippen LogP contribution in [0.1, 0.15) is 10.4 Å². The molecule has 1 heterocycles. The van der Waals surface area contributed by atoms with Crippen LogP contribution in [0.3, 0.4) is 0 Å². The lowest BCUT2D eigenvalue weighted by molar-refractivity contribution is 0.102. The van der Waals surface area contributed by atoms with E-state index in [1.54, 1.807) is 6.07 Å². The summed E-state index contributed by atoms with van der Waals surface area (Å²) in [4.78, 5) is 11.6. The molecule has 1 amide bonds. The molecule has 0 aliphatic heterocycles. The van der Waals surface area contributed by atoms with Gasteiger partial charge in [-0.05, 0) is 18.2 Å². The number of amides is 1. The van der Waals surface area contributed by atoms with Gasteiger partial charge >= 0.3 is 0 Å². The third-order valence-corrected chi connectivity index (χ3v) is 2.86. The topological polar surface area (TPSA) is 54.9 Å². The Hall–Kier alpha value is -1.34. The first-order valence-electron chi connectivity index (χ1n) is 4.19. The van der Waals surface area contributed by atoms with E-state index in [-0.39, 0.29) is 5.56 Å². The summed E-state index contributed by atoms with van der Waals surface area (Å²) in [6.45, 7) is 0. The summed E-state index contributed by atoms with van der Waals surface area (Å²) in [6, 6.07) is 4.23. The minimum absolute atomic E-state index is 0.0293. The molecule has 0 spiro atoms. The third-order valence-electron chi connectivity index (χ3n) is 1.76. The van der Waals surface area contributed by atoms with E-state index in [2.05, 4.69) is 31.4 Å². The molecule has 1 aromatic carbocycles. The van der Waals surface area contributed by atoms with Crippen LogP contribution in [0.5, 0.6) is 0 Å². The van der Waals surface area contributed by atoms with Crippen LogP contribution in [0.15, 0.2) is 28.2 Å². The van der Waals surface area contributed by atoms with Gasteiger partial charge in [-0.3, -0.25) is 10.1 Å². The maximum absolute atomic E-state index is 13.4. The van der Waals surface area contributed by atoms with Crippen molar-refractivity contribution < 1.29 is 9.18 Å². The lowest BCUT2D eigenvalue weighted by Gasteiger charge is -2.02. The fraction of sp³-hybridized carbons (Fsp3) is 0. The molecule has 0 unspecified atom stereocenters. The minimum Gasteiger partial charge on any atom is -0.296 e. The van der Waals surface area contributed by atoms with Crippen molar-refractivity contribution in [1.82, 2.24) is 10.2 Å². The van der Waals surface area contributed by atoms with Crippen molar-refractivity contribution in [2.75, 3.05) is 5.32 Å². The van der Waals surface area contributed by atoms with Crippen molar-refractivity contribution in [3.05, 3.63) is 39.6 Å². The van der Waals surface area contributed by atoms with Crippen LogP contribution in [0.2, 0.25) is 0 Å². The summed E-state index contributed by atoms with van der Waals surface area (Å²) >= 11 is 4.28. The second kappa shape index (κ2) is 4.67. The van der Waals surface area contributed by atoms with E-state index in [1.165, 1.54) is 29.0 Å². The van der Waals surface area contributed by atoms with E-state index >= 15 is 0 Å². The summed E-state index contributed by atoms with van der Waals surface area (Å²) in [5.74, 6) is -1.13. The Labute approximate surface area is 103 Å². The zero-order chi connectivity index (χ0) is 11.5. The minimum atomic E-state index is -0.587. The molecule has 0 fully saturated rings. The molecular weight excluding hydrogens is 297 g/mol. The van der Waals surface area contributed by atoms with Crippen molar-refractivity contribution >= 4 is 38.3 Å². The van der Waals surface area contributed by atoms with Gasteiger partial charge in [-0.2, -0.15) is 0 Å². The SMILES string of the molecule is O=C(Nc1nncs1)c1ccc(Br)cc1F. The van der Waals surface area contributed by atoms with Gasteiger partial charge in [0.1, 0.15) is 11.3 Å². The quantitative estimate of drug-likeness (QED) is 0.928. The van der Waals surface area contributed by atoms with E-state index in [0.29, 0.717) is 9.60 Å². The molecule has 0 radical (unpaired) electrons. The number of hydrogen-bond acceptors (Lipinski definition) is 4. The molecule has 7 heteroatoms. The second-order valence-electron chi connectivity index (χ2n) is 2.82. The Bertz CT molecular complexity index is 517. The number of halogens is 2. The van der Waals surface area contributed by atoms with E-state index in [9.17, 15) is 9.18 Å². The number of nitrogens with zero attached hydrogens (tertiary/aromatic N) is 2. The number of rotatable bonds is 2. The highest BCUT2D eigenvalue weighted by Gasteiger charge is 2.13. The lowest BCUT2D eigenvalue weighted by Crippen LogP contribution is -2.13. The highest BCUT2D eigenvalue weighted by molar-refractivity contribution is 9.10. The first-order valence-corrected chi connectivity index (χ1v) is 5.86. The maximum Gasteiger partial charge on any atom is 0.260 e. The summed E-state index contributed by atoms with van der Waals surface area (Å²) in [7, 11) is 0. The lowest BCUT2D eigenvalue weighted by atomic mass is 10.2. The molecular formula is C9H5BrFN3OS. The van der Waals surface area contributed by atoms with E-state index in [4.69, 9.17) is 0 Å². The Morgan fingerprint density at radius 1 is 1.50 bits per heavy atom. The zero-order valence-corrected chi connectivity index (χ0v) is 10.2. The van der Waals surface area contributed by atoms with Gasteiger partial charge in [-0.25, -0.2) is 4.39 Å². The van der Waals surface area contributed by atoms with Gasteiger partial charge in [-0.1, -0.05) is 27.3 Å². The summed E-state index contributed by atoms with van der Waals surface area (Å²) in [5.41, 5.74) is 1.45. The third kappa shape index (κ3) is 2.42. The monoisotopic (exact) mass is 301 g/mol. The van der Waals surface area contributed by atoms with Crippen molar-refractivity contribution in [2.24, 2.45) is 0 Å². The summed E-state index contributed by atoms with van der Waals surface area (Å²) in [5, 5.41) is 9.98. The van der Waals surface area contributed by atoms with E-state index in [1.807, 2.05) is 0 Å². The first-order chi connectivity index (χ1) is 7.66. The molecule has 4 nitrogen and oxygen atoms in total. The van der Waals surface area contributed by atoms with E-state index < -0.39 is 11.7 Å². The van der Waals surface area contributed by atoms with Gasteiger partial charge in [-0.15, -0.1) is 10.2 Å². The predicted octanol–water partition coefficient (Wildman–Crippen LogP) is 2.69. The predicted molar refractivity (Wildman–Crippen MR) is 62.0 cm³/mol. The van der Waals surface area contributed by atoms with Crippen LogP contribution in [0.4, 0.5) is 9.52 Å².